The van der Waals surface area contributed by atoms with E-state index in [1.807, 2.05) is 0 Å². The van der Waals surface area contributed by atoms with Crippen LogP contribution >= 0.6 is 38.4 Å². The molecule has 0 unspecified atom stereocenters. The second-order valence-corrected chi connectivity index (χ2v) is 7.43. The molecule has 0 radical (unpaired) electrons. The number of halogens is 5. The van der Waals surface area contributed by atoms with Crippen LogP contribution in [0.2, 0.25) is 0 Å². The van der Waals surface area contributed by atoms with E-state index in [2.05, 4.69) is 15.9 Å². The molecule has 0 fully saturated rings. The van der Waals surface area contributed by atoms with Crippen LogP contribution in [0.1, 0.15) is 5.56 Å². The minimum atomic E-state index is -4.64. The van der Waals surface area contributed by atoms with Gasteiger partial charge in [-0.15, -0.1) is 0 Å². The summed E-state index contributed by atoms with van der Waals surface area (Å²) in [6.45, 7) is 0. The molecule has 98 valence electrons. The summed E-state index contributed by atoms with van der Waals surface area (Å²) >= 11 is 2.28. The van der Waals surface area contributed by atoms with Gasteiger partial charge in [0.1, 0.15) is 11.0 Å². The maximum atomic E-state index is 12.3. The molecule has 0 saturated carbocycles. The lowest BCUT2D eigenvalue weighted by molar-refractivity contribution is -0.0328. The highest BCUT2D eigenvalue weighted by atomic mass is 79.9. The highest BCUT2D eigenvalue weighted by Gasteiger charge is 2.32. The van der Waals surface area contributed by atoms with Crippen molar-refractivity contribution in [2.75, 3.05) is 0 Å². The molecule has 0 aliphatic heterocycles. The van der Waals surface area contributed by atoms with Crippen LogP contribution in [-0.2, 0) is 9.05 Å². The Hall–Kier alpha value is -0.430. The lowest BCUT2D eigenvalue weighted by Crippen LogP contribution is -2.03. The van der Waals surface area contributed by atoms with Crippen molar-refractivity contribution in [1.82, 2.24) is 0 Å². The minimum absolute atomic E-state index is 0.0764. The molecule has 0 aliphatic rings. The van der Waals surface area contributed by atoms with E-state index in [0.29, 0.717) is 0 Å². The van der Waals surface area contributed by atoms with Gasteiger partial charge in [-0.2, -0.15) is 18.4 Å². The molecule has 0 saturated heterocycles. The summed E-state index contributed by atoms with van der Waals surface area (Å²) in [7, 11) is 0.760. The van der Waals surface area contributed by atoms with E-state index in [-0.39, 0.29) is 4.47 Å². The predicted molar refractivity (Wildman–Crippen MR) is 63.8 cm³/mol. The molecule has 0 spiro atoms. The van der Waals surface area contributed by atoms with Crippen molar-refractivity contribution < 1.29 is 21.6 Å². The van der Waals surface area contributed by atoms with Gasteiger partial charge in [-0.3, -0.25) is 0 Å². The van der Waals surface area contributed by atoms with E-state index >= 15 is 0 Å². The van der Waals surface area contributed by atoms with Crippen LogP contribution in [0.4, 0.5) is 13.2 Å². The molecule has 0 heterocycles. The second kappa shape index (κ2) is 5.28. The van der Waals surface area contributed by atoms with Crippen molar-refractivity contribution in [3.05, 3.63) is 22.2 Å². The average molecular weight is 381 g/mol. The third-order valence-electron chi connectivity index (χ3n) is 1.63. The molecule has 1 aromatic rings. The normalized spacial score (nSPS) is 12.2. The summed E-state index contributed by atoms with van der Waals surface area (Å²) in [5, 5.41) is 8.78. The van der Waals surface area contributed by atoms with Gasteiger partial charge >= 0.3 is 5.51 Å². The molecule has 3 nitrogen and oxygen atoms in total. The Morgan fingerprint density at radius 1 is 1.39 bits per heavy atom. The molecule has 10 heteroatoms. The maximum Gasteiger partial charge on any atom is 0.446 e. The fraction of sp³-hybridized carbons (Fsp3) is 0.125. The third kappa shape index (κ3) is 4.05. The van der Waals surface area contributed by atoms with Crippen molar-refractivity contribution in [2.45, 2.75) is 15.3 Å². The third-order valence-corrected chi connectivity index (χ3v) is 4.21. The van der Waals surface area contributed by atoms with Crippen molar-refractivity contribution in [1.29, 1.82) is 5.26 Å². The zero-order valence-electron chi connectivity index (χ0n) is 8.12. The van der Waals surface area contributed by atoms with E-state index in [1.165, 1.54) is 6.07 Å². The number of benzene rings is 1. The van der Waals surface area contributed by atoms with Gasteiger partial charge < -0.3 is 0 Å². The molecule has 0 atom stereocenters. The quantitative estimate of drug-likeness (QED) is 0.577. The molecule has 0 N–H and O–H groups in total. The first-order chi connectivity index (χ1) is 8.04. The molecule has 0 aromatic heterocycles. The van der Waals surface area contributed by atoms with E-state index in [4.69, 9.17) is 15.9 Å². The SMILES string of the molecule is N#Cc1c(SC(F)(F)F)cc(Br)cc1S(=O)(=O)Cl. The van der Waals surface area contributed by atoms with Gasteiger partial charge in [-0.05, 0) is 23.9 Å². The highest BCUT2D eigenvalue weighted by Crippen LogP contribution is 2.41. The minimum Gasteiger partial charge on any atom is -0.207 e. The Bertz CT molecular complexity index is 624. The van der Waals surface area contributed by atoms with E-state index < -0.39 is 41.7 Å². The Balaban J connectivity index is 3.55. The predicted octanol–water partition coefficient (Wildman–Crippen LogP) is 3.86. The summed E-state index contributed by atoms with van der Waals surface area (Å²) in [5.74, 6) is 0. The lowest BCUT2D eigenvalue weighted by Gasteiger charge is -2.10. The summed E-state index contributed by atoms with van der Waals surface area (Å²) < 4.78 is 59.3. The van der Waals surface area contributed by atoms with Gasteiger partial charge in [-0.25, -0.2) is 8.42 Å². The maximum absolute atomic E-state index is 12.3. The first-order valence-electron chi connectivity index (χ1n) is 3.98. The molecule has 18 heavy (non-hydrogen) atoms. The average Bonchev–Trinajstić information content (AvgIpc) is 2.12. The fourth-order valence-corrected chi connectivity index (χ4v) is 3.62. The zero-order chi connectivity index (χ0) is 14.1. The van der Waals surface area contributed by atoms with Gasteiger partial charge in [0.15, 0.2) is 0 Å². The number of hydrogen-bond acceptors (Lipinski definition) is 4. The van der Waals surface area contributed by atoms with Crippen molar-refractivity contribution in [3.8, 4) is 6.07 Å². The lowest BCUT2D eigenvalue weighted by atomic mass is 10.2. The van der Waals surface area contributed by atoms with Gasteiger partial charge in [-0.1, -0.05) is 15.9 Å². The van der Waals surface area contributed by atoms with Crippen molar-refractivity contribution >= 4 is 47.4 Å². The van der Waals surface area contributed by atoms with Gasteiger partial charge in [0.25, 0.3) is 9.05 Å². The zero-order valence-corrected chi connectivity index (χ0v) is 12.1. The monoisotopic (exact) mass is 379 g/mol. The van der Waals surface area contributed by atoms with E-state index in [9.17, 15) is 21.6 Å². The molecule has 1 aromatic carbocycles. The van der Waals surface area contributed by atoms with Gasteiger partial charge in [0, 0.05) is 20.1 Å². The smallest absolute Gasteiger partial charge is 0.207 e. The molecule has 1 rings (SSSR count). The topological polar surface area (TPSA) is 57.9 Å². The number of hydrogen-bond donors (Lipinski definition) is 0. The number of nitriles is 1. The van der Waals surface area contributed by atoms with Crippen LogP contribution in [0.25, 0.3) is 0 Å². The largest absolute Gasteiger partial charge is 0.446 e. The molecule has 0 amide bonds. The molecule has 0 aliphatic carbocycles. The van der Waals surface area contributed by atoms with Crippen LogP contribution in [0.15, 0.2) is 26.4 Å². The van der Waals surface area contributed by atoms with Crippen molar-refractivity contribution in [3.63, 3.8) is 0 Å². The van der Waals surface area contributed by atoms with Crippen LogP contribution < -0.4 is 0 Å². The number of nitrogens with zero attached hydrogens (tertiary/aromatic N) is 1. The standard InChI is InChI=1S/C8H2BrClF3NO2S2/c9-4-1-6(17-8(11,12)13)5(3-14)7(2-4)18(10,15)16/h1-2H. The Kier molecular flexibility index (Phi) is 4.59. The van der Waals surface area contributed by atoms with Gasteiger partial charge in [0.05, 0.1) is 5.56 Å². The Morgan fingerprint density at radius 3 is 2.33 bits per heavy atom. The van der Waals surface area contributed by atoms with Gasteiger partial charge in [0.2, 0.25) is 0 Å². The number of rotatable bonds is 2. The molecule has 0 bridgehead atoms. The number of thioether (sulfide) groups is 1. The summed E-state index contributed by atoms with van der Waals surface area (Å²) in [5.41, 5.74) is -5.27. The summed E-state index contributed by atoms with van der Waals surface area (Å²) in [6, 6.07) is 3.39. The van der Waals surface area contributed by atoms with Crippen molar-refractivity contribution in [2.24, 2.45) is 0 Å². The fourth-order valence-electron chi connectivity index (χ4n) is 1.07. The van der Waals surface area contributed by atoms with Crippen LogP contribution in [0, 0.1) is 11.3 Å². The molecular formula is C8H2BrClF3NO2S2. The highest BCUT2D eigenvalue weighted by molar-refractivity contribution is 9.10. The Morgan fingerprint density at radius 2 is 1.94 bits per heavy atom. The van der Waals surface area contributed by atoms with E-state index in [1.54, 1.807) is 0 Å². The van der Waals surface area contributed by atoms with Crippen LogP contribution in [0.5, 0.6) is 0 Å². The second-order valence-electron chi connectivity index (χ2n) is 2.87. The number of alkyl halides is 3. The van der Waals surface area contributed by atoms with E-state index in [0.717, 1.165) is 12.1 Å². The first-order valence-corrected chi connectivity index (χ1v) is 7.90. The summed E-state index contributed by atoms with van der Waals surface area (Å²) in [6.07, 6.45) is 0. The summed E-state index contributed by atoms with van der Waals surface area (Å²) in [4.78, 5) is -1.19. The van der Waals surface area contributed by atoms with Crippen LogP contribution in [-0.4, -0.2) is 13.9 Å². The van der Waals surface area contributed by atoms with Crippen LogP contribution in [0.3, 0.4) is 0 Å². The first kappa shape index (κ1) is 15.6. The molecular weight excluding hydrogens is 379 g/mol. The Labute approximate surface area is 117 Å².